The highest BCUT2D eigenvalue weighted by Gasteiger charge is 2.34. The van der Waals surface area contributed by atoms with Crippen LogP contribution in [-0.4, -0.2) is 54.0 Å². The third-order valence-corrected chi connectivity index (χ3v) is 5.62. The third-order valence-electron chi connectivity index (χ3n) is 5.62. The van der Waals surface area contributed by atoms with Gasteiger partial charge in [-0.15, -0.1) is 0 Å². The average Bonchev–Trinajstić information content (AvgIpc) is 3.03. The smallest absolute Gasteiger partial charge is 0.217 e. The van der Waals surface area contributed by atoms with Crippen molar-refractivity contribution in [1.29, 1.82) is 0 Å². The molecule has 0 radical (unpaired) electrons. The van der Waals surface area contributed by atoms with Crippen LogP contribution >= 0.6 is 0 Å². The predicted molar refractivity (Wildman–Crippen MR) is 97.8 cm³/mol. The van der Waals surface area contributed by atoms with Crippen LogP contribution in [0.3, 0.4) is 0 Å². The van der Waals surface area contributed by atoms with Gasteiger partial charge in [0.2, 0.25) is 5.91 Å². The van der Waals surface area contributed by atoms with Crippen LogP contribution in [0, 0.1) is 0 Å². The zero-order valence-electron chi connectivity index (χ0n) is 15.0. The number of amides is 1. The molecule has 1 amide bonds. The van der Waals surface area contributed by atoms with E-state index in [-0.39, 0.29) is 11.4 Å². The molecule has 2 fully saturated rings. The molecule has 0 bridgehead atoms. The molecule has 1 aliphatic carbocycles. The molecule has 132 valence electrons. The normalized spacial score (nSPS) is 21.7. The molecule has 1 N–H and O–H groups in total. The van der Waals surface area contributed by atoms with Crippen molar-refractivity contribution in [3.05, 3.63) is 35.9 Å². The Morgan fingerprint density at radius 1 is 1.04 bits per heavy atom. The van der Waals surface area contributed by atoms with E-state index in [9.17, 15) is 4.79 Å². The van der Waals surface area contributed by atoms with Crippen LogP contribution in [0.1, 0.15) is 44.6 Å². The van der Waals surface area contributed by atoms with E-state index in [2.05, 4.69) is 45.4 Å². The van der Waals surface area contributed by atoms with Crippen LogP contribution in [0.25, 0.3) is 0 Å². The van der Waals surface area contributed by atoms with E-state index >= 15 is 0 Å². The number of hydrogen-bond donors (Lipinski definition) is 1. The van der Waals surface area contributed by atoms with Gasteiger partial charge in [-0.3, -0.25) is 9.69 Å². The SMILES string of the molecule is CC(=O)NC1(CCN2CCN(Cc3ccccc3)CC2)CCCC1. The zero-order chi connectivity index (χ0) is 16.8. The number of hydrogen-bond acceptors (Lipinski definition) is 3. The zero-order valence-corrected chi connectivity index (χ0v) is 15.0. The highest BCUT2D eigenvalue weighted by Crippen LogP contribution is 2.32. The first-order valence-corrected chi connectivity index (χ1v) is 9.43. The van der Waals surface area contributed by atoms with Gasteiger partial charge in [-0.05, 0) is 24.8 Å². The van der Waals surface area contributed by atoms with Crippen molar-refractivity contribution < 1.29 is 4.79 Å². The van der Waals surface area contributed by atoms with E-state index in [1.54, 1.807) is 6.92 Å². The van der Waals surface area contributed by atoms with Crippen molar-refractivity contribution in [2.45, 2.75) is 51.1 Å². The molecule has 4 nitrogen and oxygen atoms in total. The summed E-state index contributed by atoms with van der Waals surface area (Å²) in [5.74, 6) is 0.129. The van der Waals surface area contributed by atoms with Gasteiger partial charge in [0.25, 0.3) is 0 Å². The maximum Gasteiger partial charge on any atom is 0.217 e. The van der Waals surface area contributed by atoms with Gasteiger partial charge in [0.15, 0.2) is 0 Å². The molecule has 0 atom stereocenters. The molecule has 2 aliphatic rings. The first-order chi connectivity index (χ1) is 11.7. The molecular formula is C20H31N3O. The van der Waals surface area contributed by atoms with E-state index in [0.29, 0.717) is 0 Å². The minimum atomic E-state index is 0.0764. The Labute approximate surface area is 146 Å². The van der Waals surface area contributed by atoms with Crippen LogP contribution in [0.4, 0.5) is 0 Å². The molecule has 0 aromatic heterocycles. The summed E-state index contributed by atoms with van der Waals surface area (Å²) in [7, 11) is 0. The number of piperazine rings is 1. The molecule has 0 unspecified atom stereocenters. The van der Waals surface area contributed by atoms with Gasteiger partial charge in [0, 0.05) is 51.7 Å². The van der Waals surface area contributed by atoms with Crippen molar-refractivity contribution in [2.75, 3.05) is 32.7 Å². The summed E-state index contributed by atoms with van der Waals surface area (Å²) in [5.41, 5.74) is 1.48. The Kier molecular flexibility index (Phi) is 5.90. The molecule has 1 saturated heterocycles. The Balaban J connectivity index is 1.42. The first kappa shape index (κ1) is 17.4. The highest BCUT2D eigenvalue weighted by atomic mass is 16.1. The van der Waals surface area contributed by atoms with E-state index in [0.717, 1.165) is 58.5 Å². The number of nitrogens with one attached hydrogen (secondary N) is 1. The van der Waals surface area contributed by atoms with Crippen molar-refractivity contribution >= 4 is 5.91 Å². The standard InChI is InChI=1S/C20H31N3O/c1-18(24)21-20(9-5-6-10-20)11-12-22-13-15-23(16-14-22)17-19-7-3-2-4-8-19/h2-4,7-8H,5-6,9-17H2,1H3,(H,21,24). The molecule has 4 heteroatoms. The van der Waals surface area contributed by atoms with Gasteiger partial charge >= 0.3 is 0 Å². The summed E-state index contributed by atoms with van der Waals surface area (Å²) >= 11 is 0. The lowest BCUT2D eigenvalue weighted by atomic mass is 9.92. The lowest BCUT2D eigenvalue weighted by molar-refractivity contribution is -0.121. The number of rotatable bonds is 6. The second-order valence-electron chi connectivity index (χ2n) is 7.52. The maximum atomic E-state index is 11.5. The van der Waals surface area contributed by atoms with Crippen molar-refractivity contribution in [3.63, 3.8) is 0 Å². The maximum absolute atomic E-state index is 11.5. The number of carbonyl (C=O) groups is 1. The Morgan fingerprint density at radius 3 is 2.29 bits per heavy atom. The van der Waals surface area contributed by atoms with E-state index in [4.69, 9.17) is 0 Å². The highest BCUT2D eigenvalue weighted by molar-refractivity contribution is 5.73. The number of nitrogens with zero attached hydrogens (tertiary/aromatic N) is 2. The average molecular weight is 329 g/mol. The minimum Gasteiger partial charge on any atom is -0.351 e. The molecule has 1 heterocycles. The topological polar surface area (TPSA) is 35.6 Å². The van der Waals surface area contributed by atoms with Gasteiger partial charge in [-0.1, -0.05) is 43.2 Å². The lowest BCUT2D eigenvalue weighted by Crippen LogP contribution is -2.50. The molecule has 3 rings (SSSR count). The van der Waals surface area contributed by atoms with Crippen molar-refractivity contribution in [3.8, 4) is 0 Å². The monoisotopic (exact) mass is 329 g/mol. The Morgan fingerprint density at radius 2 is 1.67 bits per heavy atom. The molecular weight excluding hydrogens is 298 g/mol. The van der Waals surface area contributed by atoms with Crippen molar-refractivity contribution in [1.82, 2.24) is 15.1 Å². The van der Waals surface area contributed by atoms with E-state index in [1.807, 2.05) is 0 Å². The summed E-state index contributed by atoms with van der Waals surface area (Å²) in [6.07, 6.45) is 5.92. The van der Waals surface area contributed by atoms with Crippen LogP contribution in [-0.2, 0) is 11.3 Å². The van der Waals surface area contributed by atoms with Crippen LogP contribution in [0.15, 0.2) is 30.3 Å². The Hall–Kier alpha value is -1.39. The molecule has 1 saturated carbocycles. The minimum absolute atomic E-state index is 0.0764. The quantitative estimate of drug-likeness (QED) is 0.871. The van der Waals surface area contributed by atoms with Crippen LogP contribution < -0.4 is 5.32 Å². The fourth-order valence-corrected chi connectivity index (χ4v) is 4.25. The van der Waals surface area contributed by atoms with Gasteiger partial charge in [-0.25, -0.2) is 0 Å². The van der Waals surface area contributed by atoms with E-state index < -0.39 is 0 Å². The molecule has 0 spiro atoms. The predicted octanol–water partition coefficient (Wildman–Crippen LogP) is 2.64. The van der Waals surface area contributed by atoms with Gasteiger partial charge in [0.05, 0.1) is 0 Å². The molecule has 1 aromatic carbocycles. The van der Waals surface area contributed by atoms with Crippen LogP contribution in [0.5, 0.6) is 0 Å². The van der Waals surface area contributed by atoms with Gasteiger partial charge in [-0.2, -0.15) is 0 Å². The third kappa shape index (κ3) is 4.81. The summed E-state index contributed by atoms with van der Waals surface area (Å²) in [6.45, 7) is 8.39. The van der Waals surface area contributed by atoms with Crippen LogP contribution in [0.2, 0.25) is 0 Å². The van der Waals surface area contributed by atoms with Crippen molar-refractivity contribution in [2.24, 2.45) is 0 Å². The molecule has 24 heavy (non-hydrogen) atoms. The first-order valence-electron chi connectivity index (χ1n) is 9.43. The second-order valence-corrected chi connectivity index (χ2v) is 7.52. The second kappa shape index (κ2) is 8.13. The van der Waals surface area contributed by atoms with Gasteiger partial charge < -0.3 is 10.2 Å². The molecule has 1 aromatic rings. The fourth-order valence-electron chi connectivity index (χ4n) is 4.25. The summed E-state index contributed by atoms with van der Waals surface area (Å²) in [5, 5.41) is 3.26. The largest absolute Gasteiger partial charge is 0.351 e. The summed E-state index contributed by atoms with van der Waals surface area (Å²) in [6, 6.07) is 10.7. The number of carbonyl (C=O) groups excluding carboxylic acids is 1. The Bertz CT molecular complexity index is 517. The van der Waals surface area contributed by atoms with Gasteiger partial charge in [0.1, 0.15) is 0 Å². The van der Waals surface area contributed by atoms with E-state index in [1.165, 1.54) is 18.4 Å². The number of benzene rings is 1. The summed E-state index contributed by atoms with van der Waals surface area (Å²) < 4.78 is 0. The lowest BCUT2D eigenvalue weighted by Gasteiger charge is -2.37. The molecule has 1 aliphatic heterocycles. The summed E-state index contributed by atoms with van der Waals surface area (Å²) in [4.78, 5) is 16.7. The fraction of sp³-hybridized carbons (Fsp3) is 0.650.